The van der Waals surface area contributed by atoms with E-state index in [4.69, 9.17) is 8.92 Å². The Morgan fingerprint density at radius 2 is 0.875 bits per heavy atom. The molecule has 0 N–H and O–H groups in total. The van der Waals surface area contributed by atoms with Crippen molar-refractivity contribution in [3.63, 3.8) is 0 Å². The van der Waals surface area contributed by atoms with Gasteiger partial charge in [-0.05, 0) is 0 Å². The van der Waals surface area contributed by atoms with Crippen LogP contribution in [0.2, 0.25) is 0 Å². The summed E-state index contributed by atoms with van der Waals surface area (Å²) in [7, 11) is -1.42. The van der Waals surface area contributed by atoms with Crippen molar-refractivity contribution < 1.29 is 44.8 Å². The van der Waals surface area contributed by atoms with Gasteiger partial charge in [0.2, 0.25) is 0 Å². The molecule has 0 aromatic carbocycles. The molecule has 0 saturated carbocycles. The minimum Gasteiger partial charge on any atom is -2.00 e. The Bertz CT molecular complexity index is 31.4. The maximum Gasteiger partial charge on any atom is 4.00 e. The van der Waals surface area contributed by atoms with Crippen LogP contribution in [0.4, 0.5) is 0 Å². The summed E-state index contributed by atoms with van der Waals surface area (Å²) < 4.78 is 16.8. The van der Waals surface area contributed by atoms with Crippen molar-refractivity contribution in [2.24, 2.45) is 0 Å². The number of hydrogen-bond donors (Lipinski definition) is 0. The quantitative estimate of drug-likeness (QED) is 0.450. The normalized spacial score (nSPS) is 1.00. The van der Waals surface area contributed by atoms with Crippen molar-refractivity contribution >= 4 is 20.3 Å². The van der Waals surface area contributed by atoms with Gasteiger partial charge in [-0.2, -0.15) is 0 Å². The van der Waals surface area contributed by atoms with E-state index in [0.29, 0.717) is 0 Å². The van der Waals surface area contributed by atoms with Gasteiger partial charge in [-0.15, -0.1) is 0 Å². The van der Waals surface area contributed by atoms with Crippen LogP contribution in [0.5, 0.6) is 0 Å². The van der Waals surface area contributed by atoms with Crippen LogP contribution in [0, 0.1) is 0 Å². The predicted molar refractivity (Wildman–Crippen MR) is 14.9 cm³/mol. The molecule has 8 heteroatoms. The fraction of sp³-hybridized carbons (Fsp3) is 0. The Hall–Kier alpha value is 0.537. The first-order valence-corrected chi connectivity index (χ1v) is 1.22. The van der Waals surface area contributed by atoms with Crippen LogP contribution >= 0.6 is 0 Å². The molecule has 0 rings (SSSR count). The van der Waals surface area contributed by atoms with E-state index in [2.05, 4.69) is 0 Å². The molecule has 0 bridgehead atoms. The molecule has 0 fully saturated rings. The Balaban J connectivity index is -0.00000000200. The van der Waals surface area contributed by atoms with E-state index in [1.165, 1.54) is 0 Å². The van der Waals surface area contributed by atoms with E-state index in [1.807, 2.05) is 0 Å². The molecule has 0 unspecified atom stereocenters. The van der Waals surface area contributed by atoms with Crippen LogP contribution in [0.15, 0.2) is 0 Å². The molecule has 0 atom stereocenters. The van der Waals surface area contributed by atoms with E-state index in [9.17, 15) is 0 Å². The summed E-state index contributed by atoms with van der Waals surface area (Å²) in [5.41, 5.74) is 0. The largest absolute Gasteiger partial charge is 4.00 e. The molecule has 5 nitrogen and oxygen atoms in total. The van der Waals surface area contributed by atoms with Crippen LogP contribution in [-0.2, 0) is 44.8 Å². The van der Waals surface area contributed by atoms with Crippen molar-refractivity contribution in [2.45, 2.75) is 0 Å². The average molecular weight is 202 g/mol. The van der Waals surface area contributed by atoms with E-state index >= 15 is 0 Å². The third kappa shape index (κ3) is 695. The second-order valence-corrected chi connectivity index (χ2v) is 0.250. The molecule has 0 aliphatic carbocycles. The first kappa shape index (κ1) is 75.3. The van der Waals surface area contributed by atoms with Gasteiger partial charge in [0.15, 0.2) is 0 Å². The molecule has 0 spiro atoms. The van der Waals surface area contributed by atoms with Crippen LogP contribution in [-0.4, -0.2) is 20.3 Å². The Labute approximate surface area is 65.5 Å². The van der Waals surface area contributed by atoms with Gasteiger partial charge < -0.3 is 16.4 Å². The summed E-state index contributed by atoms with van der Waals surface area (Å²) in [6, 6.07) is 0. The fourth-order valence-corrected chi connectivity index (χ4v) is 0. The SMILES string of the molecule is O=[Si]=O.[O-2].[O-2].[O-2].[Si+4].[Zn+2]. The first-order chi connectivity index (χ1) is 1.41. The van der Waals surface area contributed by atoms with Crippen LogP contribution in [0.3, 0.4) is 0 Å². The Kier molecular flexibility index (Phi) is 1280. The summed E-state index contributed by atoms with van der Waals surface area (Å²) in [5.74, 6) is 0. The average Bonchev–Trinajstić information content (AvgIpc) is 0.918. The summed E-state index contributed by atoms with van der Waals surface area (Å²) in [6.45, 7) is 0. The molecule has 0 radical (unpaired) electrons. The molecule has 8 heavy (non-hydrogen) atoms. The minimum atomic E-state index is -1.42. The van der Waals surface area contributed by atoms with Crippen molar-refractivity contribution in [1.82, 2.24) is 0 Å². The van der Waals surface area contributed by atoms with E-state index < -0.39 is 9.29 Å². The fourth-order valence-electron chi connectivity index (χ4n) is 0. The van der Waals surface area contributed by atoms with E-state index in [-0.39, 0.29) is 46.9 Å². The molecule has 0 aliphatic heterocycles. The van der Waals surface area contributed by atoms with Crippen molar-refractivity contribution in [1.29, 1.82) is 0 Å². The zero-order valence-corrected chi connectivity index (χ0v) is 8.72. The van der Waals surface area contributed by atoms with Gasteiger partial charge in [0.1, 0.15) is 0 Å². The topological polar surface area (TPSA) is 120 Å². The minimum absolute atomic E-state index is 0. The van der Waals surface area contributed by atoms with E-state index in [0.717, 1.165) is 0 Å². The molecule has 40 valence electrons. The zero-order valence-electron chi connectivity index (χ0n) is 3.75. The standard InChI is InChI=1S/O2Si.3O.Si.Zn/c1-3-2;;;;;/q;3*-2;+4;+2. The van der Waals surface area contributed by atoms with Crippen molar-refractivity contribution in [3.05, 3.63) is 0 Å². The van der Waals surface area contributed by atoms with Crippen molar-refractivity contribution in [3.8, 4) is 0 Å². The summed E-state index contributed by atoms with van der Waals surface area (Å²) in [4.78, 5) is 0. The summed E-state index contributed by atoms with van der Waals surface area (Å²) in [5, 5.41) is 0. The molecule has 0 heterocycles. The van der Waals surface area contributed by atoms with Gasteiger partial charge in [0, 0.05) is 0 Å². The smallest absolute Gasteiger partial charge is 2.00 e. The van der Waals surface area contributed by atoms with Crippen LogP contribution < -0.4 is 0 Å². The Morgan fingerprint density at radius 3 is 0.875 bits per heavy atom. The van der Waals surface area contributed by atoms with Gasteiger partial charge in [0.05, 0.1) is 0 Å². The number of hydrogen-bond acceptors (Lipinski definition) is 2. The Morgan fingerprint density at radius 1 is 0.875 bits per heavy atom. The van der Waals surface area contributed by atoms with Gasteiger partial charge in [-0.25, -0.2) is 0 Å². The van der Waals surface area contributed by atoms with Crippen molar-refractivity contribution in [2.75, 3.05) is 0 Å². The third-order valence-electron chi connectivity index (χ3n) is 0. The molecule has 0 amide bonds. The molecule has 0 aromatic rings. The molecule has 0 aliphatic rings. The van der Waals surface area contributed by atoms with Crippen LogP contribution in [0.25, 0.3) is 0 Å². The van der Waals surface area contributed by atoms with Gasteiger partial charge in [-0.3, -0.25) is 8.92 Å². The predicted octanol–water partition coefficient (Wildman–Crippen LogP) is -1.36. The second kappa shape index (κ2) is 136. The maximum atomic E-state index is 8.40. The zero-order chi connectivity index (χ0) is 2.71. The van der Waals surface area contributed by atoms with Gasteiger partial charge in [0.25, 0.3) is 0 Å². The molecule has 0 aromatic heterocycles. The monoisotopic (exact) mass is 200 g/mol. The maximum absolute atomic E-state index is 8.40. The van der Waals surface area contributed by atoms with Crippen LogP contribution in [0.1, 0.15) is 0 Å². The van der Waals surface area contributed by atoms with Gasteiger partial charge >= 0.3 is 39.7 Å². The second-order valence-electron chi connectivity index (χ2n) is 0.0833. The summed E-state index contributed by atoms with van der Waals surface area (Å²) in [6.07, 6.45) is 0. The van der Waals surface area contributed by atoms with Gasteiger partial charge in [-0.1, -0.05) is 0 Å². The van der Waals surface area contributed by atoms with E-state index in [1.54, 1.807) is 0 Å². The summed E-state index contributed by atoms with van der Waals surface area (Å²) >= 11 is 0. The molecule has 0 saturated heterocycles. The molecular weight excluding hydrogens is 202 g/mol. The third-order valence-corrected chi connectivity index (χ3v) is 0. The first-order valence-electron chi connectivity index (χ1n) is 0.408. The number of rotatable bonds is 0. The molecular formula is O5Si2Zn.